The molecule has 17 heavy (non-hydrogen) atoms. The lowest BCUT2D eigenvalue weighted by molar-refractivity contribution is -0.132. The SMILES string of the molecule is CCC(=CCN1CCCC(CNC)C1)C(=O)O. The lowest BCUT2D eigenvalue weighted by Gasteiger charge is -2.31. The molecule has 0 amide bonds. The minimum Gasteiger partial charge on any atom is -0.478 e. The fourth-order valence-corrected chi connectivity index (χ4v) is 2.39. The molecule has 1 aliphatic rings. The Balaban J connectivity index is 2.43. The highest BCUT2D eigenvalue weighted by Gasteiger charge is 2.18. The monoisotopic (exact) mass is 240 g/mol. The van der Waals surface area contributed by atoms with Crippen LogP contribution < -0.4 is 5.32 Å². The van der Waals surface area contributed by atoms with Crippen LogP contribution in [0.25, 0.3) is 0 Å². The molecule has 1 rings (SSSR count). The molecule has 0 radical (unpaired) electrons. The summed E-state index contributed by atoms with van der Waals surface area (Å²) < 4.78 is 0. The fourth-order valence-electron chi connectivity index (χ4n) is 2.39. The van der Waals surface area contributed by atoms with Crippen molar-refractivity contribution in [2.24, 2.45) is 5.92 Å². The molecule has 1 atom stereocenters. The number of carbonyl (C=O) groups is 1. The van der Waals surface area contributed by atoms with Gasteiger partial charge in [0, 0.05) is 18.7 Å². The first-order valence-electron chi connectivity index (χ1n) is 6.46. The number of likely N-dealkylation sites (tertiary alicyclic amines) is 1. The number of rotatable bonds is 6. The van der Waals surface area contributed by atoms with Crippen molar-refractivity contribution in [1.29, 1.82) is 0 Å². The van der Waals surface area contributed by atoms with Crippen LogP contribution in [-0.4, -0.2) is 49.2 Å². The first-order valence-corrected chi connectivity index (χ1v) is 6.46. The number of hydrogen-bond donors (Lipinski definition) is 2. The summed E-state index contributed by atoms with van der Waals surface area (Å²) in [5.74, 6) is -0.0756. The highest BCUT2D eigenvalue weighted by molar-refractivity contribution is 5.86. The van der Waals surface area contributed by atoms with Crippen molar-refractivity contribution in [3.05, 3.63) is 11.6 Å². The molecular weight excluding hydrogens is 216 g/mol. The van der Waals surface area contributed by atoms with Gasteiger partial charge in [-0.15, -0.1) is 0 Å². The van der Waals surface area contributed by atoms with Gasteiger partial charge >= 0.3 is 5.97 Å². The molecule has 0 spiro atoms. The fraction of sp³-hybridized carbons (Fsp3) is 0.769. The van der Waals surface area contributed by atoms with E-state index in [0.29, 0.717) is 17.9 Å². The molecule has 1 unspecified atom stereocenters. The molecule has 98 valence electrons. The zero-order valence-electron chi connectivity index (χ0n) is 10.9. The van der Waals surface area contributed by atoms with Crippen LogP contribution >= 0.6 is 0 Å². The van der Waals surface area contributed by atoms with E-state index in [1.165, 1.54) is 12.8 Å². The smallest absolute Gasteiger partial charge is 0.331 e. The van der Waals surface area contributed by atoms with E-state index in [1.807, 2.05) is 20.0 Å². The van der Waals surface area contributed by atoms with Gasteiger partial charge in [0.2, 0.25) is 0 Å². The topological polar surface area (TPSA) is 52.6 Å². The van der Waals surface area contributed by atoms with Gasteiger partial charge in [-0.05, 0) is 45.3 Å². The Bertz CT molecular complexity index is 275. The summed E-state index contributed by atoms with van der Waals surface area (Å²) >= 11 is 0. The molecule has 4 nitrogen and oxygen atoms in total. The normalized spacial score (nSPS) is 22.7. The molecule has 2 N–H and O–H groups in total. The van der Waals surface area contributed by atoms with Crippen molar-refractivity contribution in [1.82, 2.24) is 10.2 Å². The van der Waals surface area contributed by atoms with Crippen LogP contribution in [0.2, 0.25) is 0 Å². The quantitative estimate of drug-likeness (QED) is 0.688. The average Bonchev–Trinajstić information content (AvgIpc) is 2.30. The molecule has 1 fully saturated rings. The molecule has 0 aromatic rings. The summed E-state index contributed by atoms with van der Waals surface area (Å²) in [6.07, 6.45) is 4.96. The summed E-state index contributed by atoms with van der Waals surface area (Å²) in [6.45, 7) is 5.89. The first-order chi connectivity index (χ1) is 8.17. The maximum Gasteiger partial charge on any atom is 0.331 e. The third-order valence-electron chi connectivity index (χ3n) is 3.35. The Morgan fingerprint density at radius 3 is 2.94 bits per heavy atom. The van der Waals surface area contributed by atoms with Crippen LogP contribution in [0.3, 0.4) is 0 Å². The van der Waals surface area contributed by atoms with E-state index in [9.17, 15) is 4.79 Å². The summed E-state index contributed by atoms with van der Waals surface area (Å²) in [4.78, 5) is 13.2. The van der Waals surface area contributed by atoms with E-state index in [-0.39, 0.29) is 0 Å². The van der Waals surface area contributed by atoms with E-state index >= 15 is 0 Å². The van der Waals surface area contributed by atoms with Gasteiger partial charge in [0.15, 0.2) is 0 Å². The second kappa shape index (κ2) is 7.45. The van der Waals surface area contributed by atoms with E-state index in [1.54, 1.807) is 0 Å². The van der Waals surface area contributed by atoms with Crippen molar-refractivity contribution in [3.63, 3.8) is 0 Å². The van der Waals surface area contributed by atoms with Gasteiger partial charge in [0.25, 0.3) is 0 Å². The standard InChI is InChI=1S/C13H24N2O2/c1-3-12(13(16)17)6-8-15-7-4-5-11(10-15)9-14-2/h6,11,14H,3-5,7-10H2,1-2H3,(H,16,17). The number of aliphatic carboxylic acids is 1. The summed E-state index contributed by atoms with van der Waals surface area (Å²) in [6, 6.07) is 0. The third-order valence-corrected chi connectivity index (χ3v) is 3.35. The predicted octanol–water partition coefficient (Wildman–Crippen LogP) is 1.34. The highest BCUT2D eigenvalue weighted by Crippen LogP contribution is 2.15. The second-order valence-corrected chi connectivity index (χ2v) is 4.71. The van der Waals surface area contributed by atoms with E-state index < -0.39 is 5.97 Å². The zero-order chi connectivity index (χ0) is 12.7. The van der Waals surface area contributed by atoms with Crippen molar-refractivity contribution in [3.8, 4) is 0 Å². The van der Waals surface area contributed by atoms with E-state index in [4.69, 9.17) is 5.11 Å². The Hall–Kier alpha value is -0.870. The summed E-state index contributed by atoms with van der Waals surface area (Å²) in [5.41, 5.74) is 0.528. The van der Waals surface area contributed by atoms with Gasteiger partial charge in [0.05, 0.1) is 0 Å². The van der Waals surface area contributed by atoms with Crippen LogP contribution in [-0.2, 0) is 4.79 Å². The lowest BCUT2D eigenvalue weighted by Crippen LogP contribution is -2.39. The van der Waals surface area contributed by atoms with Gasteiger partial charge in [0.1, 0.15) is 0 Å². The summed E-state index contributed by atoms with van der Waals surface area (Å²) in [5, 5.41) is 12.2. The van der Waals surface area contributed by atoms with Gasteiger partial charge in [-0.2, -0.15) is 0 Å². The van der Waals surface area contributed by atoms with E-state index in [0.717, 1.165) is 26.2 Å². The largest absolute Gasteiger partial charge is 0.478 e. The maximum atomic E-state index is 10.9. The number of carboxylic acid groups (broad SMARTS) is 1. The van der Waals surface area contributed by atoms with Crippen molar-refractivity contribution in [2.75, 3.05) is 33.2 Å². The number of piperidine rings is 1. The van der Waals surface area contributed by atoms with Crippen LogP contribution in [0.4, 0.5) is 0 Å². The number of carboxylic acids is 1. The molecule has 0 aromatic carbocycles. The van der Waals surface area contributed by atoms with Gasteiger partial charge in [-0.1, -0.05) is 13.0 Å². The Morgan fingerprint density at radius 2 is 2.35 bits per heavy atom. The molecular formula is C13H24N2O2. The zero-order valence-corrected chi connectivity index (χ0v) is 10.9. The van der Waals surface area contributed by atoms with Crippen LogP contribution in [0.1, 0.15) is 26.2 Å². The highest BCUT2D eigenvalue weighted by atomic mass is 16.4. The molecule has 0 aromatic heterocycles. The molecule has 1 heterocycles. The van der Waals surface area contributed by atoms with Gasteiger partial charge in [-0.3, -0.25) is 4.90 Å². The van der Waals surface area contributed by atoms with Gasteiger partial charge in [-0.25, -0.2) is 4.79 Å². The third kappa shape index (κ3) is 4.88. The number of hydrogen-bond acceptors (Lipinski definition) is 3. The Labute approximate surface area is 104 Å². The average molecular weight is 240 g/mol. The minimum absolute atomic E-state index is 0.528. The van der Waals surface area contributed by atoms with Gasteiger partial charge < -0.3 is 10.4 Å². The number of nitrogens with zero attached hydrogens (tertiary/aromatic N) is 1. The summed E-state index contributed by atoms with van der Waals surface area (Å²) in [7, 11) is 1.98. The first kappa shape index (κ1) is 14.2. The molecule has 4 heteroatoms. The lowest BCUT2D eigenvalue weighted by atomic mass is 9.98. The molecule has 1 saturated heterocycles. The minimum atomic E-state index is -0.781. The molecule has 0 bridgehead atoms. The Kier molecular flexibility index (Phi) is 6.22. The van der Waals surface area contributed by atoms with E-state index in [2.05, 4.69) is 10.2 Å². The maximum absolute atomic E-state index is 10.9. The number of nitrogens with one attached hydrogen (secondary N) is 1. The van der Waals surface area contributed by atoms with Crippen LogP contribution in [0.15, 0.2) is 11.6 Å². The van der Waals surface area contributed by atoms with Crippen LogP contribution in [0, 0.1) is 5.92 Å². The predicted molar refractivity (Wildman–Crippen MR) is 69.1 cm³/mol. The molecule has 0 aliphatic carbocycles. The van der Waals surface area contributed by atoms with Crippen molar-refractivity contribution >= 4 is 5.97 Å². The van der Waals surface area contributed by atoms with Crippen molar-refractivity contribution in [2.45, 2.75) is 26.2 Å². The molecule has 0 saturated carbocycles. The van der Waals surface area contributed by atoms with Crippen molar-refractivity contribution < 1.29 is 9.90 Å². The Morgan fingerprint density at radius 1 is 1.59 bits per heavy atom. The second-order valence-electron chi connectivity index (χ2n) is 4.71. The van der Waals surface area contributed by atoms with Crippen LogP contribution in [0.5, 0.6) is 0 Å². The molecule has 1 aliphatic heterocycles.